The minimum atomic E-state index is -3.84. The molecule has 1 amide bonds. The quantitative estimate of drug-likeness (QED) is 0.858. The molecule has 0 bridgehead atoms. The molecule has 1 N–H and O–H groups in total. The number of amides is 1. The van der Waals surface area contributed by atoms with Crippen LogP contribution in [0.2, 0.25) is 0 Å². The zero-order chi connectivity index (χ0) is 14.8. The number of benzene rings is 1. The molecule has 20 heavy (non-hydrogen) atoms. The minimum Gasteiger partial charge on any atom is -0.381 e. The van der Waals surface area contributed by atoms with E-state index in [9.17, 15) is 13.2 Å². The van der Waals surface area contributed by atoms with Crippen LogP contribution in [0, 0.1) is 12.8 Å². The Morgan fingerprint density at radius 3 is 2.80 bits per heavy atom. The second kappa shape index (κ2) is 6.11. The summed E-state index contributed by atoms with van der Waals surface area (Å²) < 4.78 is 27.9. The van der Waals surface area contributed by atoms with E-state index >= 15 is 0 Å². The van der Waals surface area contributed by atoms with Crippen molar-refractivity contribution in [1.82, 2.24) is 5.32 Å². The van der Waals surface area contributed by atoms with Gasteiger partial charge in [0, 0.05) is 35.3 Å². The second-order valence-electron chi connectivity index (χ2n) is 4.91. The Bertz CT molecular complexity index is 609. The van der Waals surface area contributed by atoms with Crippen molar-refractivity contribution in [3.05, 3.63) is 29.3 Å². The molecule has 1 aromatic carbocycles. The fraction of sp³-hybridized carbons (Fsp3) is 0.462. The Hall–Kier alpha value is -1.11. The minimum absolute atomic E-state index is 0.0616. The lowest BCUT2D eigenvalue weighted by Crippen LogP contribution is -2.29. The number of ether oxygens (including phenoxy) is 1. The van der Waals surface area contributed by atoms with Gasteiger partial charge in [-0.25, -0.2) is 8.42 Å². The summed E-state index contributed by atoms with van der Waals surface area (Å²) in [5.41, 5.74) is 0.962. The SMILES string of the molecule is Cc1cc(C(=O)NCC2CCOC2)cc(S(=O)(=O)Cl)c1. The van der Waals surface area contributed by atoms with Gasteiger partial charge in [0.25, 0.3) is 15.0 Å². The fourth-order valence-electron chi connectivity index (χ4n) is 2.10. The summed E-state index contributed by atoms with van der Waals surface area (Å²) in [4.78, 5) is 12.0. The number of carbonyl (C=O) groups is 1. The van der Waals surface area contributed by atoms with Crippen LogP contribution in [0.3, 0.4) is 0 Å². The van der Waals surface area contributed by atoms with Crippen LogP contribution in [0.25, 0.3) is 0 Å². The van der Waals surface area contributed by atoms with Crippen LogP contribution >= 0.6 is 10.7 Å². The Labute approximate surface area is 122 Å². The lowest BCUT2D eigenvalue weighted by atomic mass is 10.1. The molecule has 0 aromatic heterocycles. The Balaban J connectivity index is 2.11. The third-order valence-electron chi connectivity index (χ3n) is 3.17. The van der Waals surface area contributed by atoms with Gasteiger partial charge in [-0.2, -0.15) is 0 Å². The highest BCUT2D eigenvalue weighted by molar-refractivity contribution is 8.13. The average molecular weight is 318 g/mol. The zero-order valence-corrected chi connectivity index (χ0v) is 12.6. The average Bonchev–Trinajstić information content (AvgIpc) is 2.87. The predicted octanol–water partition coefficient (Wildman–Crippen LogP) is 1.69. The molecule has 0 radical (unpaired) electrons. The van der Waals surface area contributed by atoms with Gasteiger partial charge in [0.1, 0.15) is 0 Å². The van der Waals surface area contributed by atoms with Crippen molar-refractivity contribution in [3.63, 3.8) is 0 Å². The molecular formula is C13H16ClNO4S. The molecule has 1 heterocycles. The fourth-order valence-corrected chi connectivity index (χ4v) is 2.96. The first kappa shape index (κ1) is 15.3. The number of rotatable bonds is 4. The molecule has 7 heteroatoms. The van der Waals surface area contributed by atoms with Crippen LogP contribution in [-0.2, 0) is 13.8 Å². The zero-order valence-electron chi connectivity index (χ0n) is 11.1. The van der Waals surface area contributed by atoms with E-state index in [1.165, 1.54) is 12.1 Å². The molecule has 0 spiro atoms. The summed E-state index contributed by atoms with van der Waals surface area (Å²) in [6.07, 6.45) is 0.926. The van der Waals surface area contributed by atoms with Crippen LogP contribution in [0.15, 0.2) is 23.1 Å². The summed E-state index contributed by atoms with van der Waals surface area (Å²) in [7, 11) is 1.47. The van der Waals surface area contributed by atoms with Gasteiger partial charge in [0.05, 0.1) is 11.5 Å². The molecule has 1 aliphatic rings. The summed E-state index contributed by atoms with van der Waals surface area (Å²) in [5, 5.41) is 2.79. The molecule has 1 aliphatic heterocycles. The number of aryl methyl sites for hydroxylation is 1. The lowest BCUT2D eigenvalue weighted by molar-refractivity contribution is 0.0944. The molecule has 1 atom stereocenters. The smallest absolute Gasteiger partial charge is 0.261 e. The van der Waals surface area contributed by atoms with E-state index in [2.05, 4.69) is 5.32 Å². The van der Waals surface area contributed by atoms with Gasteiger partial charge in [0.2, 0.25) is 0 Å². The third kappa shape index (κ3) is 3.94. The Kier molecular flexibility index (Phi) is 4.67. The van der Waals surface area contributed by atoms with E-state index in [1.807, 2.05) is 0 Å². The summed E-state index contributed by atoms with van der Waals surface area (Å²) >= 11 is 0. The highest BCUT2D eigenvalue weighted by atomic mass is 35.7. The molecule has 1 aromatic rings. The van der Waals surface area contributed by atoms with Crippen molar-refractivity contribution < 1.29 is 17.9 Å². The van der Waals surface area contributed by atoms with Crippen molar-refractivity contribution in [2.75, 3.05) is 19.8 Å². The largest absolute Gasteiger partial charge is 0.381 e. The maximum atomic E-state index is 12.0. The summed E-state index contributed by atoms with van der Waals surface area (Å²) in [6, 6.07) is 4.35. The standard InChI is InChI=1S/C13H16ClNO4S/c1-9-4-11(6-12(5-9)20(14,17)18)13(16)15-7-10-2-3-19-8-10/h4-6,10H,2-3,7-8H2,1H3,(H,15,16). The highest BCUT2D eigenvalue weighted by Gasteiger charge is 2.18. The van der Waals surface area contributed by atoms with E-state index in [-0.39, 0.29) is 10.8 Å². The van der Waals surface area contributed by atoms with Crippen LogP contribution in [-0.4, -0.2) is 34.1 Å². The molecule has 1 unspecified atom stereocenters. The highest BCUT2D eigenvalue weighted by Crippen LogP contribution is 2.19. The lowest BCUT2D eigenvalue weighted by Gasteiger charge is -2.10. The van der Waals surface area contributed by atoms with E-state index in [4.69, 9.17) is 15.4 Å². The van der Waals surface area contributed by atoms with Crippen molar-refractivity contribution in [2.24, 2.45) is 5.92 Å². The first-order chi connectivity index (χ1) is 9.36. The first-order valence-electron chi connectivity index (χ1n) is 6.28. The summed E-state index contributed by atoms with van der Waals surface area (Å²) in [5.74, 6) is 0.0159. The van der Waals surface area contributed by atoms with Crippen LogP contribution in [0.4, 0.5) is 0 Å². The molecule has 2 rings (SSSR count). The molecule has 5 nitrogen and oxygen atoms in total. The van der Waals surface area contributed by atoms with Crippen molar-refractivity contribution in [1.29, 1.82) is 0 Å². The van der Waals surface area contributed by atoms with E-state index in [0.29, 0.717) is 30.2 Å². The van der Waals surface area contributed by atoms with Gasteiger partial charge in [-0.05, 0) is 37.1 Å². The van der Waals surface area contributed by atoms with Gasteiger partial charge in [0.15, 0.2) is 0 Å². The van der Waals surface area contributed by atoms with Crippen LogP contribution < -0.4 is 5.32 Å². The van der Waals surface area contributed by atoms with Crippen molar-refractivity contribution in [3.8, 4) is 0 Å². The van der Waals surface area contributed by atoms with E-state index in [0.717, 1.165) is 13.0 Å². The third-order valence-corrected chi connectivity index (χ3v) is 4.50. The molecule has 0 aliphatic carbocycles. The molecule has 1 fully saturated rings. The normalized spacial score (nSPS) is 19.0. The number of hydrogen-bond donors (Lipinski definition) is 1. The van der Waals surface area contributed by atoms with Gasteiger partial charge in [-0.15, -0.1) is 0 Å². The van der Waals surface area contributed by atoms with Crippen LogP contribution in [0.5, 0.6) is 0 Å². The molecule has 110 valence electrons. The van der Waals surface area contributed by atoms with Crippen LogP contribution in [0.1, 0.15) is 22.3 Å². The second-order valence-corrected chi connectivity index (χ2v) is 7.48. The van der Waals surface area contributed by atoms with E-state index < -0.39 is 9.05 Å². The van der Waals surface area contributed by atoms with Gasteiger partial charge in [-0.1, -0.05) is 0 Å². The number of nitrogens with one attached hydrogen (secondary N) is 1. The van der Waals surface area contributed by atoms with Gasteiger partial charge in [-0.3, -0.25) is 4.79 Å². The number of halogens is 1. The van der Waals surface area contributed by atoms with E-state index in [1.54, 1.807) is 13.0 Å². The Morgan fingerprint density at radius 1 is 1.45 bits per heavy atom. The number of hydrogen-bond acceptors (Lipinski definition) is 4. The van der Waals surface area contributed by atoms with Crippen molar-refractivity contribution in [2.45, 2.75) is 18.2 Å². The first-order valence-corrected chi connectivity index (χ1v) is 8.59. The predicted molar refractivity (Wildman–Crippen MR) is 75.5 cm³/mol. The monoisotopic (exact) mass is 317 g/mol. The maximum absolute atomic E-state index is 12.0. The van der Waals surface area contributed by atoms with Crippen molar-refractivity contribution >= 4 is 25.6 Å². The summed E-state index contributed by atoms with van der Waals surface area (Å²) in [6.45, 7) is 3.61. The van der Waals surface area contributed by atoms with Gasteiger partial charge < -0.3 is 10.1 Å². The maximum Gasteiger partial charge on any atom is 0.261 e. The topological polar surface area (TPSA) is 72.5 Å². The molecule has 1 saturated heterocycles. The Morgan fingerprint density at radius 2 is 2.20 bits per heavy atom. The molecule has 0 saturated carbocycles. The molecular weight excluding hydrogens is 302 g/mol. The number of carbonyl (C=O) groups excluding carboxylic acids is 1. The van der Waals surface area contributed by atoms with Gasteiger partial charge >= 0.3 is 0 Å².